The molecule has 54 heavy (non-hydrogen) atoms. The summed E-state index contributed by atoms with van der Waals surface area (Å²) in [6, 6.07) is 14.7. The standard InChI is InChI=1S/C22H30ClNO3S.C21H29NO3S/c1-4-5-6-7-8-9-12-22(3)19(14-21(26)28-22)27-15-20(25)24-18-11-10-16(2)13-17(18)23;1-4-5-6-8-11-16(2)21(3)18(14-20(24)26-21)25-15-19(23)22-17-12-9-7-10-13-17/h10-11,13-14H,4-9,12,15H2,1-3H3,(H,24,25);7,9-10,12-14,16H,4-6,8,11,15H2,1-3H3,(H,22,23). The molecule has 2 amide bonds. The van der Waals surface area contributed by atoms with Crippen molar-refractivity contribution in [1.29, 1.82) is 0 Å². The molecule has 2 heterocycles. The molecule has 8 nitrogen and oxygen atoms in total. The Morgan fingerprint density at radius 1 is 0.759 bits per heavy atom. The minimum Gasteiger partial charge on any atom is -0.486 e. The van der Waals surface area contributed by atoms with Gasteiger partial charge in [0.1, 0.15) is 11.5 Å². The molecule has 3 atom stereocenters. The fourth-order valence-electron chi connectivity index (χ4n) is 6.31. The maximum Gasteiger partial charge on any atom is 0.262 e. The minimum absolute atomic E-state index is 0.00590. The fraction of sp³-hybridized carbons (Fsp3) is 0.535. The number of para-hydroxylation sites is 1. The Labute approximate surface area is 336 Å². The zero-order chi connectivity index (χ0) is 39.6. The van der Waals surface area contributed by atoms with Gasteiger partial charge in [-0.05, 0) is 69.4 Å². The molecule has 4 rings (SSSR count). The number of carbonyl (C=O) groups is 4. The Morgan fingerprint density at radius 3 is 2.00 bits per heavy atom. The number of amides is 2. The first-order chi connectivity index (χ1) is 25.8. The van der Waals surface area contributed by atoms with Crippen molar-refractivity contribution in [1.82, 2.24) is 0 Å². The lowest BCUT2D eigenvalue weighted by Crippen LogP contribution is -2.32. The highest BCUT2D eigenvalue weighted by Gasteiger charge is 2.44. The largest absolute Gasteiger partial charge is 0.486 e. The third kappa shape index (κ3) is 14.8. The molecule has 3 unspecified atom stereocenters. The molecule has 2 aliphatic heterocycles. The summed E-state index contributed by atoms with van der Waals surface area (Å²) in [6.45, 7) is 12.3. The van der Waals surface area contributed by atoms with Gasteiger partial charge in [-0.1, -0.05) is 144 Å². The van der Waals surface area contributed by atoms with E-state index >= 15 is 0 Å². The number of carbonyl (C=O) groups excluding carboxylic acids is 4. The van der Waals surface area contributed by atoms with E-state index in [9.17, 15) is 19.2 Å². The monoisotopic (exact) mass is 798 g/mol. The number of hydrogen-bond donors (Lipinski definition) is 2. The number of thioether (sulfide) groups is 2. The smallest absolute Gasteiger partial charge is 0.262 e. The molecule has 2 aromatic rings. The number of unbranched alkanes of at least 4 members (excludes halogenated alkanes) is 8. The second-order valence-electron chi connectivity index (χ2n) is 14.5. The van der Waals surface area contributed by atoms with Gasteiger partial charge in [-0.2, -0.15) is 0 Å². The Kier molecular flexibility index (Phi) is 19.2. The summed E-state index contributed by atoms with van der Waals surface area (Å²) in [6.07, 6.45) is 17.0. The van der Waals surface area contributed by atoms with Crippen molar-refractivity contribution in [2.75, 3.05) is 23.8 Å². The zero-order valence-corrected chi connectivity index (χ0v) is 35.3. The minimum atomic E-state index is -0.393. The van der Waals surface area contributed by atoms with Crippen LogP contribution < -0.4 is 10.6 Å². The molecular weight excluding hydrogens is 740 g/mol. The first-order valence-electron chi connectivity index (χ1n) is 19.4. The second kappa shape index (κ2) is 23.0. The molecule has 2 aromatic carbocycles. The quantitative estimate of drug-likeness (QED) is 0.120. The van der Waals surface area contributed by atoms with Crippen LogP contribution in [0.5, 0.6) is 0 Å². The number of rotatable bonds is 21. The summed E-state index contributed by atoms with van der Waals surface area (Å²) >= 11 is 8.76. The van der Waals surface area contributed by atoms with Gasteiger partial charge in [-0.15, -0.1) is 0 Å². The van der Waals surface area contributed by atoms with E-state index in [0.717, 1.165) is 43.4 Å². The molecule has 0 fully saturated rings. The summed E-state index contributed by atoms with van der Waals surface area (Å²) in [7, 11) is 0. The first-order valence-corrected chi connectivity index (χ1v) is 21.4. The van der Waals surface area contributed by atoms with Crippen LogP contribution in [0.15, 0.2) is 72.2 Å². The van der Waals surface area contributed by atoms with E-state index in [1.807, 2.05) is 57.2 Å². The van der Waals surface area contributed by atoms with E-state index in [4.69, 9.17) is 21.1 Å². The Morgan fingerprint density at radius 2 is 1.33 bits per heavy atom. The van der Waals surface area contributed by atoms with Crippen molar-refractivity contribution < 1.29 is 28.7 Å². The van der Waals surface area contributed by atoms with Crippen molar-refractivity contribution in [2.24, 2.45) is 5.92 Å². The van der Waals surface area contributed by atoms with Crippen molar-refractivity contribution >= 4 is 68.5 Å². The first kappa shape index (κ1) is 45.2. The lowest BCUT2D eigenvalue weighted by atomic mass is 9.88. The summed E-state index contributed by atoms with van der Waals surface area (Å²) in [5.41, 5.74) is 2.32. The van der Waals surface area contributed by atoms with Crippen LogP contribution in [0, 0.1) is 12.8 Å². The van der Waals surface area contributed by atoms with Gasteiger partial charge in [0.25, 0.3) is 11.8 Å². The van der Waals surface area contributed by atoms with E-state index in [1.165, 1.54) is 74.5 Å². The molecule has 0 spiro atoms. The summed E-state index contributed by atoms with van der Waals surface area (Å²) in [5, 5.41) is 6.05. The number of ether oxygens (including phenoxy) is 2. The topological polar surface area (TPSA) is 111 Å². The molecular formula is C43H59ClN2O6S2. The molecule has 0 aliphatic carbocycles. The highest BCUT2D eigenvalue weighted by Crippen LogP contribution is 2.47. The van der Waals surface area contributed by atoms with Crippen LogP contribution in [0.1, 0.15) is 117 Å². The van der Waals surface area contributed by atoms with Crippen LogP contribution >= 0.6 is 35.1 Å². The zero-order valence-electron chi connectivity index (χ0n) is 32.9. The van der Waals surface area contributed by atoms with Gasteiger partial charge < -0.3 is 20.1 Å². The van der Waals surface area contributed by atoms with Crippen molar-refractivity contribution in [3.8, 4) is 0 Å². The number of hydrogen-bond acceptors (Lipinski definition) is 8. The highest BCUT2D eigenvalue weighted by molar-refractivity contribution is 8.16. The van der Waals surface area contributed by atoms with Gasteiger partial charge in [0.05, 0.1) is 20.2 Å². The molecule has 11 heteroatoms. The molecule has 0 bridgehead atoms. The second-order valence-corrected chi connectivity index (χ2v) is 17.9. The SMILES string of the molecule is CCCCCCC(C)C1(C)SC(=O)C=C1OCC(=O)Nc1ccccc1.CCCCCCCCC1(C)SC(=O)C=C1OCC(=O)Nc1ccc(C)cc1Cl. The Hall–Kier alpha value is -3.21. The van der Waals surface area contributed by atoms with Crippen LogP contribution in [0.4, 0.5) is 11.4 Å². The number of aryl methyl sites for hydroxylation is 1. The van der Waals surface area contributed by atoms with Crippen molar-refractivity contribution in [2.45, 2.75) is 128 Å². The van der Waals surface area contributed by atoms with E-state index < -0.39 is 4.75 Å². The van der Waals surface area contributed by atoms with Crippen LogP contribution in [0.2, 0.25) is 5.02 Å². The summed E-state index contributed by atoms with van der Waals surface area (Å²) in [5.74, 6) is 1.01. The van der Waals surface area contributed by atoms with Crippen LogP contribution in [-0.2, 0) is 28.7 Å². The average molecular weight is 800 g/mol. The normalized spacial score (nSPS) is 19.7. The molecule has 0 radical (unpaired) electrons. The number of anilines is 2. The van der Waals surface area contributed by atoms with Gasteiger partial charge >= 0.3 is 0 Å². The number of benzene rings is 2. The van der Waals surface area contributed by atoms with E-state index in [0.29, 0.717) is 28.1 Å². The van der Waals surface area contributed by atoms with Crippen LogP contribution in [0.25, 0.3) is 0 Å². The predicted molar refractivity (Wildman–Crippen MR) is 226 cm³/mol. The maximum atomic E-state index is 12.2. The number of nitrogens with one attached hydrogen (secondary N) is 2. The van der Waals surface area contributed by atoms with Gasteiger partial charge in [0, 0.05) is 17.8 Å². The van der Waals surface area contributed by atoms with Crippen LogP contribution in [-0.4, -0.2) is 44.8 Å². The van der Waals surface area contributed by atoms with Gasteiger partial charge in [0.15, 0.2) is 13.2 Å². The van der Waals surface area contributed by atoms with E-state index in [2.05, 4.69) is 31.4 Å². The lowest BCUT2D eigenvalue weighted by molar-refractivity contribution is -0.120. The molecule has 296 valence electrons. The molecule has 2 aliphatic rings. The van der Waals surface area contributed by atoms with Gasteiger partial charge in [-0.3, -0.25) is 19.2 Å². The maximum absolute atomic E-state index is 12.2. The molecule has 0 aromatic heterocycles. The summed E-state index contributed by atoms with van der Waals surface area (Å²) in [4.78, 5) is 48.3. The predicted octanol–water partition coefficient (Wildman–Crippen LogP) is 11.4. The highest BCUT2D eigenvalue weighted by atomic mass is 35.5. The Balaban J connectivity index is 0.000000291. The van der Waals surface area contributed by atoms with Crippen molar-refractivity contribution in [3.05, 3.63) is 82.8 Å². The lowest BCUT2D eigenvalue weighted by Gasteiger charge is -2.32. The van der Waals surface area contributed by atoms with E-state index in [1.54, 1.807) is 18.2 Å². The molecule has 0 saturated heterocycles. The van der Waals surface area contributed by atoms with Gasteiger partial charge in [0.2, 0.25) is 10.2 Å². The average Bonchev–Trinajstić information content (AvgIpc) is 3.60. The molecule has 2 N–H and O–H groups in total. The number of halogens is 1. The third-order valence-corrected chi connectivity index (χ3v) is 12.6. The summed E-state index contributed by atoms with van der Waals surface area (Å²) < 4.78 is 10.7. The fourth-order valence-corrected chi connectivity index (χ4v) is 8.78. The Bertz CT molecular complexity index is 1620. The third-order valence-electron chi connectivity index (χ3n) is 9.76. The van der Waals surface area contributed by atoms with Gasteiger partial charge in [-0.25, -0.2) is 0 Å². The van der Waals surface area contributed by atoms with Crippen LogP contribution in [0.3, 0.4) is 0 Å². The van der Waals surface area contributed by atoms with Crippen molar-refractivity contribution in [3.63, 3.8) is 0 Å². The van der Waals surface area contributed by atoms with E-state index in [-0.39, 0.29) is 40.0 Å². The molecule has 0 saturated carbocycles.